The molecule has 0 atom stereocenters. The minimum Gasteiger partial charge on any atom is -0.404 e. The van der Waals surface area contributed by atoms with Crippen LogP contribution in [0.4, 0.5) is 18.9 Å². The van der Waals surface area contributed by atoms with Gasteiger partial charge in [0.2, 0.25) is 0 Å². The molecule has 0 saturated carbocycles. The summed E-state index contributed by atoms with van der Waals surface area (Å²) in [5.41, 5.74) is 7.21. The monoisotopic (exact) mass is 380 g/mol. The summed E-state index contributed by atoms with van der Waals surface area (Å²) in [6.45, 7) is 0.290. The van der Waals surface area contributed by atoms with Crippen LogP contribution in [-0.2, 0) is 6.42 Å². The SMILES string of the molecule is CNC(=O)c1cccc(CCN=C(N)Nc2ccccc2OC(F)(F)F)c1. The van der Waals surface area contributed by atoms with Crippen molar-refractivity contribution in [2.24, 2.45) is 10.7 Å². The average Bonchev–Trinajstić information content (AvgIpc) is 2.62. The summed E-state index contributed by atoms with van der Waals surface area (Å²) < 4.78 is 41.2. The van der Waals surface area contributed by atoms with Gasteiger partial charge in [-0.05, 0) is 36.2 Å². The molecule has 0 unspecified atom stereocenters. The molecule has 9 heteroatoms. The fourth-order valence-electron chi connectivity index (χ4n) is 2.28. The molecule has 0 bridgehead atoms. The van der Waals surface area contributed by atoms with E-state index in [2.05, 4.69) is 20.4 Å². The lowest BCUT2D eigenvalue weighted by Crippen LogP contribution is -2.25. The number of para-hydroxylation sites is 2. The summed E-state index contributed by atoms with van der Waals surface area (Å²) in [5, 5.41) is 5.14. The molecule has 0 aliphatic heterocycles. The number of hydrogen-bond donors (Lipinski definition) is 3. The van der Waals surface area contributed by atoms with Crippen molar-refractivity contribution in [3.63, 3.8) is 0 Å². The van der Waals surface area contributed by atoms with Gasteiger partial charge in [-0.2, -0.15) is 0 Å². The molecule has 0 aromatic heterocycles. The minimum absolute atomic E-state index is 0.0457. The topological polar surface area (TPSA) is 88.7 Å². The van der Waals surface area contributed by atoms with Gasteiger partial charge in [0, 0.05) is 19.2 Å². The molecular weight excluding hydrogens is 361 g/mol. The van der Waals surface area contributed by atoms with Crippen LogP contribution in [-0.4, -0.2) is 31.8 Å². The van der Waals surface area contributed by atoms with Crippen molar-refractivity contribution < 1.29 is 22.7 Å². The fourth-order valence-corrected chi connectivity index (χ4v) is 2.28. The molecule has 0 saturated heterocycles. The number of guanidine groups is 1. The predicted octanol–water partition coefficient (Wildman–Crippen LogP) is 2.91. The molecule has 2 aromatic carbocycles. The second kappa shape index (κ2) is 8.93. The van der Waals surface area contributed by atoms with E-state index < -0.39 is 12.1 Å². The summed E-state index contributed by atoms with van der Waals surface area (Å²) in [6, 6.07) is 12.6. The second-order valence-corrected chi connectivity index (χ2v) is 5.47. The second-order valence-electron chi connectivity index (χ2n) is 5.47. The Morgan fingerprint density at radius 2 is 1.93 bits per heavy atom. The first-order valence-corrected chi connectivity index (χ1v) is 8.01. The van der Waals surface area contributed by atoms with Crippen molar-refractivity contribution in [3.05, 3.63) is 59.7 Å². The van der Waals surface area contributed by atoms with E-state index in [0.717, 1.165) is 5.56 Å². The number of carbonyl (C=O) groups excluding carboxylic acids is 1. The van der Waals surface area contributed by atoms with Crippen molar-refractivity contribution in [1.82, 2.24) is 5.32 Å². The van der Waals surface area contributed by atoms with E-state index in [1.54, 1.807) is 31.3 Å². The molecule has 0 heterocycles. The number of ether oxygens (including phenoxy) is 1. The molecule has 1 amide bonds. The fraction of sp³-hybridized carbons (Fsp3) is 0.222. The van der Waals surface area contributed by atoms with Crippen LogP contribution < -0.4 is 21.1 Å². The van der Waals surface area contributed by atoms with E-state index in [1.807, 2.05) is 6.07 Å². The van der Waals surface area contributed by atoms with E-state index in [4.69, 9.17) is 5.73 Å². The van der Waals surface area contributed by atoms with Gasteiger partial charge in [0.15, 0.2) is 11.7 Å². The normalized spacial score (nSPS) is 11.8. The average molecular weight is 380 g/mol. The summed E-state index contributed by atoms with van der Waals surface area (Å²) in [6.07, 6.45) is -4.30. The van der Waals surface area contributed by atoms with Gasteiger partial charge in [-0.1, -0.05) is 24.3 Å². The van der Waals surface area contributed by atoms with Gasteiger partial charge >= 0.3 is 6.36 Å². The minimum atomic E-state index is -4.81. The Kier molecular flexibility index (Phi) is 6.64. The number of hydrogen-bond acceptors (Lipinski definition) is 3. The third-order valence-corrected chi connectivity index (χ3v) is 3.47. The highest BCUT2D eigenvalue weighted by atomic mass is 19.4. The maximum Gasteiger partial charge on any atom is 0.573 e. The smallest absolute Gasteiger partial charge is 0.404 e. The summed E-state index contributed by atoms with van der Waals surface area (Å²) in [4.78, 5) is 15.7. The maximum atomic E-state index is 12.4. The highest BCUT2D eigenvalue weighted by Crippen LogP contribution is 2.29. The Labute approximate surface area is 154 Å². The Morgan fingerprint density at radius 3 is 2.63 bits per heavy atom. The predicted molar refractivity (Wildman–Crippen MR) is 96.8 cm³/mol. The first-order valence-electron chi connectivity index (χ1n) is 8.01. The van der Waals surface area contributed by atoms with Gasteiger partial charge in [0.25, 0.3) is 5.91 Å². The zero-order valence-corrected chi connectivity index (χ0v) is 14.5. The van der Waals surface area contributed by atoms with Crippen LogP contribution in [0.15, 0.2) is 53.5 Å². The summed E-state index contributed by atoms with van der Waals surface area (Å²) >= 11 is 0. The molecule has 6 nitrogen and oxygen atoms in total. The van der Waals surface area contributed by atoms with E-state index in [9.17, 15) is 18.0 Å². The van der Waals surface area contributed by atoms with Crippen molar-refractivity contribution in [1.29, 1.82) is 0 Å². The Morgan fingerprint density at radius 1 is 1.19 bits per heavy atom. The third kappa shape index (κ3) is 6.53. The molecule has 2 aromatic rings. The number of nitrogens with zero attached hydrogens (tertiary/aromatic N) is 1. The third-order valence-electron chi connectivity index (χ3n) is 3.47. The van der Waals surface area contributed by atoms with Crippen LogP contribution in [0.1, 0.15) is 15.9 Å². The van der Waals surface area contributed by atoms with Crippen LogP contribution >= 0.6 is 0 Å². The summed E-state index contributed by atoms with van der Waals surface area (Å²) in [7, 11) is 1.55. The van der Waals surface area contributed by atoms with Crippen LogP contribution in [0.2, 0.25) is 0 Å². The molecule has 0 spiro atoms. The van der Waals surface area contributed by atoms with Gasteiger partial charge in [-0.3, -0.25) is 9.79 Å². The van der Waals surface area contributed by atoms with Crippen molar-refractivity contribution in [2.45, 2.75) is 12.8 Å². The van der Waals surface area contributed by atoms with Gasteiger partial charge in [-0.25, -0.2) is 0 Å². The first kappa shape index (κ1) is 20.1. The highest BCUT2D eigenvalue weighted by molar-refractivity contribution is 5.94. The highest BCUT2D eigenvalue weighted by Gasteiger charge is 2.32. The zero-order chi connectivity index (χ0) is 19.9. The number of halogens is 3. The maximum absolute atomic E-state index is 12.4. The largest absolute Gasteiger partial charge is 0.573 e. The number of carbonyl (C=O) groups is 1. The number of benzene rings is 2. The standard InChI is InChI=1S/C18H19F3N4O2/c1-23-16(26)13-6-4-5-12(11-13)9-10-24-17(22)25-14-7-2-3-8-15(14)27-18(19,20)21/h2-8,11H,9-10H2,1H3,(H,23,26)(H3,22,24,25). The molecule has 2 rings (SSSR count). The molecule has 144 valence electrons. The van der Waals surface area contributed by atoms with Crippen LogP contribution in [0, 0.1) is 0 Å². The first-order chi connectivity index (χ1) is 12.8. The number of rotatable bonds is 6. The van der Waals surface area contributed by atoms with Gasteiger partial charge < -0.3 is 21.1 Å². The number of aliphatic imine (C=N–C) groups is 1. The molecular formula is C18H19F3N4O2. The van der Waals surface area contributed by atoms with Gasteiger partial charge in [0.1, 0.15) is 0 Å². The van der Waals surface area contributed by atoms with E-state index >= 15 is 0 Å². The van der Waals surface area contributed by atoms with Crippen molar-refractivity contribution in [3.8, 4) is 5.75 Å². The Balaban J connectivity index is 1.98. The molecule has 27 heavy (non-hydrogen) atoms. The zero-order valence-electron chi connectivity index (χ0n) is 14.5. The Hall–Kier alpha value is -3.23. The van der Waals surface area contributed by atoms with E-state index in [0.29, 0.717) is 18.5 Å². The lowest BCUT2D eigenvalue weighted by atomic mass is 10.1. The van der Waals surface area contributed by atoms with Crippen molar-refractivity contribution >= 4 is 17.6 Å². The quantitative estimate of drug-likeness (QED) is 0.531. The number of amides is 1. The number of alkyl halides is 3. The van der Waals surface area contributed by atoms with E-state index in [1.165, 1.54) is 18.2 Å². The van der Waals surface area contributed by atoms with Crippen LogP contribution in [0.25, 0.3) is 0 Å². The number of nitrogens with one attached hydrogen (secondary N) is 2. The van der Waals surface area contributed by atoms with Crippen LogP contribution in [0.3, 0.4) is 0 Å². The molecule has 4 N–H and O–H groups in total. The lowest BCUT2D eigenvalue weighted by Gasteiger charge is -2.14. The van der Waals surface area contributed by atoms with Gasteiger partial charge in [0.05, 0.1) is 5.69 Å². The summed E-state index contributed by atoms with van der Waals surface area (Å²) in [5.74, 6) is -0.639. The van der Waals surface area contributed by atoms with Crippen molar-refractivity contribution in [2.75, 3.05) is 18.9 Å². The number of anilines is 1. The Bertz CT molecular complexity index is 822. The number of nitrogens with two attached hydrogens (primary N) is 1. The van der Waals surface area contributed by atoms with Crippen LogP contribution in [0.5, 0.6) is 5.75 Å². The molecule has 0 radical (unpaired) electrons. The van der Waals surface area contributed by atoms with Gasteiger partial charge in [-0.15, -0.1) is 13.2 Å². The molecule has 0 aliphatic carbocycles. The molecule has 0 aliphatic rings. The van der Waals surface area contributed by atoms with E-state index in [-0.39, 0.29) is 17.6 Å². The lowest BCUT2D eigenvalue weighted by molar-refractivity contribution is -0.274. The molecule has 0 fully saturated rings.